The lowest BCUT2D eigenvalue weighted by atomic mass is 10.1. The average Bonchev–Trinajstić information content (AvgIpc) is 3.10. The first-order chi connectivity index (χ1) is 11.6. The van der Waals surface area contributed by atoms with Gasteiger partial charge in [-0.1, -0.05) is 69.2 Å². The van der Waals surface area contributed by atoms with E-state index in [9.17, 15) is 4.79 Å². The molecule has 6 heteroatoms. The predicted octanol–water partition coefficient (Wildman–Crippen LogP) is 3.44. The second-order valence-corrected chi connectivity index (χ2v) is 7.30. The van der Waals surface area contributed by atoms with Crippen LogP contribution in [0.2, 0.25) is 0 Å². The summed E-state index contributed by atoms with van der Waals surface area (Å²) < 4.78 is 2.91. The fourth-order valence-electron chi connectivity index (χ4n) is 2.40. The molecule has 0 unspecified atom stereocenters. The molecule has 4 aromatic rings. The zero-order chi connectivity index (χ0) is 16.7. The Morgan fingerprint density at radius 1 is 1.12 bits per heavy atom. The molecule has 0 spiro atoms. The van der Waals surface area contributed by atoms with Gasteiger partial charge in [-0.15, -0.1) is 5.10 Å². The van der Waals surface area contributed by atoms with Gasteiger partial charge in [0.1, 0.15) is 0 Å². The van der Waals surface area contributed by atoms with Gasteiger partial charge in [-0.05, 0) is 30.7 Å². The number of nitrogens with zero attached hydrogens (tertiary/aromatic N) is 3. The molecule has 2 heterocycles. The Hall–Kier alpha value is -2.31. The Kier molecular flexibility index (Phi) is 3.78. The van der Waals surface area contributed by atoms with Crippen LogP contribution in [0.3, 0.4) is 0 Å². The first-order valence-corrected chi connectivity index (χ1v) is 8.95. The molecule has 0 atom stereocenters. The van der Waals surface area contributed by atoms with Crippen molar-refractivity contribution in [2.75, 3.05) is 0 Å². The number of hydrogen-bond acceptors (Lipinski definition) is 4. The first-order valence-electron chi connectivity index (χ1n) is 7.35. The lowest BCUT2D eigenvalue weighted by molar-refractivity contribution is 0.936. The summed E-state index contributed by atoms with van der Waals surface area (Å²) in [7, 11) is 0. The standard InChI is InChI=1S/C18H12BrN3OS/c1-11-6-8-12(9-7-11)10-15-17(23)22-18(24-15)20-16(21-22)13-4-2-3-5-14(13)19/h2-10H,1H3/b15-10+. The third kappa shape index (κ3) is 2.68. The second-order valence-electron chi connectivity index (χ2n) is 5.44. The van der Waals surface area contributed by atoms with Gasteiger partial charge in [0, 0.05) is 10.0 Å². The van der Waals surface area contributed by atoms with Crippen molar-refractivity contribution < 1.29 is 0 Å². The van der Waals surface area contributed by atoms with Gasteiger partial charge in [-0.25, -0.2) is 0 Å². The zero-order valence-corrected chi connectivity index (χ0v) is 15.1. The van der Waals surface area contributed by atoms with Gasteiger partial charge in [-0.2, -0.15) is 9.50 Å². The average molecular weight is 398 g/mol. The molecule has 4 rings (SSSR count). The third-order valence-electron chi connectivity index (χ3n) is 3.67. The Balaban J connectivity index is 1.83. The highest BCUT2D eigenvalue weighted by Crippen LogP contribution is 2.25. The number of benzene rings is 2. The van der Waals surface area contributed by atoms with Crippen LogP contribution in [0.25, 0.3) is 22.4 Å². The highest BCUT2D eigenvalue weighted by atomic mass is 79.9. The van der Waals surface area contributed by atoms with E-state index in [1.807, 2.05) is 61.5 Å². The predicted molar refractivity (Wildman–Crippen MR) is 100 cm³/mol. The van der Waals surface area contributed by atoms with Crippen LogP contribution in [0.5, 0.6) is 0 Å². The molecule has 118 valence electrons. The van der Waals surface area contributed by atoms with Gasteiger partial charge in [0.2, 0.25) is 4.96 Å². The lowest BCUT2D eigenvalue weighted by Gasteiger charge is -1.97. The molecule has 4 nitrogen and oxygen atoms in total. The highest BCUT2D eigenvalue weighted by molar-refractivity contribution is 9.10. The topological polar surface area (TPSA) is 47.3 Å². The minimum atomic E-state index is -0.138. The van der Waals surface area contributed by atoms with Crippen LogP contribution in [0.15, 0.2) is 57.8 Å². The van der Waals surface area contributed by atoms with E-state index in [1.54, 1.807) is 0 Å². The van der Waals surface area contributed by atoms with E-state index < -0.39 is 0 Å². The van der Waals surface area contributed by atoms with Crippen molar-refractivity contribution in [3.8, 4) is 11.4 Å². The Morgan fingerprint density at radius 2 is 1.88 bits per heavy atom. The maximum Gasteiger partial charge on any atom is 0.291 e. The van der Waals surface area contributed by atoms with Crippen LogP contribution >= 0.6 is 27.3 Å². The molecule has 0 saturated heterocycles. The number of aromatic nitrogens is 3. The van der Waals surface area contributed by atoms with Crippen molar-refractivity contribution in [1.82, 2.24) is 14.6 Å². The monoisotopic (exact) mass is 397 g/mol. The highest BCUT2D eigenvalue weighted by Gasteiger charge is 2.13. The van der Waals surface area contributed by atoms with E-state index >= 15 is 0 Å². The van der Waals surface area contributed by atoms with E-state index in [2.05, 4.69) is 26.0 Å². The van der Waals surface area contributed by atoms with Gasteiger partial charge >= 0.3 is 0 Å². The smallest absolute Gasteiger partial charge is 0.266 e. The fourth-order valence-corrected chi connectivity index (χ4v) is 3.77. The van der Waals surface area contributed by atoms with Crippen LogP contribution < -0.4 is 10.1 Å². The maximum absolute atomic E-state index is 12.6. The number of halogens is 1. The number of hydrogen-bond donors (Lipinski definition) is 0. The largest absolute Gasteiger partial charge is 0.291 e. The Bertz CT molecular complexity index is 1150. The number of aryl methyl sites for hydroxylation is 1. The molecular weight excluding hydrogens is 386 g/mol. The van der Waals surface area contributed by atoms with Crippen molar-refractivity contribution in [3.05, 3.63) is 79.0 Å². The molecule has 0 amide bonds. The first kappa shape index (κ1) is 15.2. The summed E-state index contributed by atoms with van der Waals surface area (Å²) in [6, 6.07) is 15.8. The molecule has 0 aliphatic rings. The van der Waals surface area contributed by atoms with Crippen molar-refractivity contribution in [1.29, 1.82) is 0 Å². The summed E-state index contributed by atoms with van der Waals surface area (Å²) in [6.07, 6.45) is 1.88. The minimum absolute atomic E-state index is 0.138. The van der Waals surface area contributed by atoms with Crippen molar-refractivity contribution in [2.45, 2.75) is 6.92 Å². The van der Waals surface area contributed by atoms with E-state index in [1.165, 1.54) is 21.4 Å². The third-order valence-corrected chi connectivity index (χ3v) is 5.32. The zero-order valence-electron chi connectivity index (χ0n) is 12.7. The fraction of sp³-hybridized carbons (Fsp3) is 0.0556. The molecule has 0 radical (unpaired) electrons. The van der Waals surface area contributed by atoms with E-state index in [4.69, 9.17) is 0 Å². The summed E-state index contributed by atoms with van der Waals surface area (Å²) in [5.41, 5.74) is 2.92. The van der Waals surface area contributed by atoms with Gasteiger partial charge in [-0.3, -0.25) is 4.79 Å². The van der Waals surface area contributed by atoms with Gasteiger partial charge < -0.3 is 0 Å². The van der Waals surface area contributed by atoms with Gasteiger partial charge in [0.15, 0.2) is 5.82 Å². The molecule has 24 heavy (non-hydrogen) atoms. The Morgan fingerprint density at radius 3 is 2.58 bits per heavy atom. The van der Waals surface area contributed by atoms with Crippen molar-refractivity contribution in [3.63, 3.8) is 0 Å². The summed E-state index contributed by atoms with van der Waals surface area (Å²) in [4.78, 5) is 17.7. The molecule has 2 aromatic carbocycles. The number of thiazole rings is 1. The number of fused-ring (bicyclic) bond motifs is 1. The van der Waals surface area contributed by atoms with Crippen LogP contribution in [-0.2, 0) is 0 Å². The van der Waals surface area contributed by atoms with Gasteiger partial charge in [0.25, 0.3) is 5.56 Å². The SMILES string of the molecule is Cc1ccc(/C=c2/sc3nc(-c4ccccc4Br)nn3c2=O)cc1. The van der Waals surface area contributed by atoms with Crippen LogP contribution in [0.1, 0.15) is 11.1 Å². The van der Waals surface area contributed by atoms with E-state index in [0.29, 0.717) is 15.3 Å². The number of rotatable bonds is 2. The van der Waals surface area contributed by atoms with E-state index in [-0.39, 0.29) is 5.56 Å². The Labute approximate surface area is 150 Å². The molecule has 0 fully saturated rings. The molecule has 0 aliphatic carbocycles. The molecule has 0 saturated carbocycles. The quantitative estimate of drug-likeness (QED) is 0.520. The molecule has 0 bridgehead atoms. The van der Waals surface area contributed by atoms with Crippen LogP contribution in [0.4, 0.5) is 0 Å². The van der Waals surface area contributed by atoms with Crippen molar-refractivity contribution in [2.24, 2.45) is 0 Å². The molecule has 2 aromatic heterocycles. The van der Waals surface area contributed by atoms with E-state index in [0.717, 1.165) is 15.6 Å². The maximum atomic E-state index is 12.6. The van der Waals surface area contributed by atoms with Gasteiger partial charge in [0.05, 0.1) is 4.53 Å². The van der Waals surface area contributed by atoms with Crippen LogP contribution in [0, 0.1) is 6.92 Å². The van der Waals surface area contributed by atoms with Crippen molar-refractivity contribution >= 4 is 38.3 Å². The molecule has 0 N–H and O–H groups in total. The summed E-state index contributed by atoms with van der Waals surface area (Å²) in [5.74, 6) is 0.549. The normalized spacial score (nSPS) is 12.2. The second kappa shape index (κ2) is 5.96. The minimum Gasteiger partial charge on any atom is -0.266 e. The summed E-state index contributed by atoms with van der Waals surface area (Å²) >= 11 is 4.84. The lowest BCUT2D eigenvalue weighted by Crippen LogP contribution is -2.23. The summed E-state index contributed by atoms with van der Waals surface area (Å²) in [5, 5.41) is 4.37. The molecular formula is C18H12BrN3OS. The van der Waals surface area contributed by atoms with Crippen LogP contribution in [-0.4, -0.2) is 14.6 Å². The summed E-state index contributed by atoms with van der Waals surface area (Å²) in [6.45, 7) is 2.04. The molecule has 0 aliphatic heterocycles.